The van der Waals surface area contributed by atoms with E-state index in [0.717, 1.165) is 122 Å². The smallest absolute Gasteiger partial charge is 0.306 e. The van der Waals surface area contributed by atoms with Crippen LogP contribution >= 0.6 is 0 Å². The Bertz CT molecular complexity index is 1220. The Morgan fingerprint density at radius 1 is 0.339 bits per heavy atom. The summed E-state index contributed by atoms with van der Waals surface area (Å²) < 4.78 is 16.7. The molecule has 0 aliphatic carbocycles. The fourth-order valence-electron chi connectivity index (χ4n) is 6.83. The van der Waals surface area contributed by atoms with E-state index in [-0.39, 0.29) is 31.1 Å². The molecule has 6 heteroatoms. The number of rotatable bonds is 45. The van der Waals surface area contributed by atoms with Crippen LogP contribution in [0.3, 0.4) is 0 Å². The Labute approximate surface area is 382 Å². The molecule has 0 aromatic rings. The maximum atomic E-state index is 12.7. The molecule has 0 fully saturated rings. The van der Waals surface area contributed by atoms with Crippen molar-refractivity contribution >= 4 is 17.9 Å². The van der Waals surface area contributed by atoms with Crippen molar-refractivity contribution in [2.45, 2.75) is 239 Å². The van der Waals surface area contributed by atoms with Gasteiger partial charge in [0.1, 0.15) is 13.2 Å². The van der Waals surface area contributed by atoms with Crippen molar-refractivity contribution in [2.24, 2.45) is 0 Å². The third kappa shape index (κ3) is 47.6. The van der Waals surface area contributed by atoms with Crippen LogP contribution in [-0.2, 0) is 28.6 Å². The lowest BCUT2D eigenvalue weighted by Crippen LogP contribution is -2.30. The molecule has 0 aliphatic rings. The van der Waals surface area contributed by atoms with Gasteiger partial charge in [0.2, 0.25) is 0 Å². The molecule has 0 radical (unpaired) electrons. The topological polar surface area (TPSA) is 78.9 Å². The zero-order valence-electron chi connectivity index (χ0n) is 40.4. The summed E-state index contributed by atoms with van der Waals surface area (Å²) in [5.74, 6) is -0.910. The SMILES string of the molecule is CC/C=C\C/C=C\C/C=C\C/C=C\C/C=C\C/C=C\C/C=C\CCCCCCCC(=O)OCC(COC(=O)CCCCCCCCCC)OC(=O)CCCCCCCCCCC. The third-order valence-corrected chi connectivity index (χ3v) is 10.7. The summed E-state index contributed by atoms with van der Waals surface area (Å²) in [5.41, 5.74) is 0. The van der Waals surface area contributed by atoms with Crippen LogP contribution in [0.5, 0.6) is 0 Å². The highest BCUT2D eigenvalue weighted by Gasteiger charge is 2.19. The molecular weight excluding hydrogens is 769 g/mol. The minimum Gasteiger partial charge on any atom is -0.462 e. The number of carbonyl (C=O) groups is 3. The van der Waals surface area contributed by atoms with Gasteiger partial charge in [-0.05, 0) is 77.0 Å². The Morgan fingerprint density at radius 2 is 0.629 bits per heavy atom. The minimum atomic E-state index is -0.778. The molecule has 62 heavy (non-hydrogen) atoms. The van der Waals surface area contributed by atoms with E-state index in [2.05, 4.69) is 106 Å². The molecule has 0 saturated carbocycles. The minimum absolute atomic E-state index is 0.0809. The first-order valence-electron chi connectivity index (χ1n) is 25.6. The predicted molar refractivity (Wildman–Crippen MR) is 265 cm³/mol. The summed E-state index contributed by atoms with van der Waals surface area (Å²) in [6.45, 7) is 6.45. The summed E-state index contributed by atoms with van der Waals surface area (Å²) in [6.07, 6.45) is 64.4. The molecule has 1 unspecified atom stereocenters. The largest absolute Gasteiger partial charge is 0.462 e. The standard InChI is InChI=1S/C56H94O6/c1-4-7-10-13-16-19-20-21-22-23-24-25-26-27-28-29-30-31-32-33-34-35-36-38-40-43-46-49-55(58)61-52-53(51-60-54(57)48-45-42-39-18-15-12-9-6-3)62-56(59)50-47-44-41-37-17-14-11-8-5-2/h7,10,16,19,21-22,24-25,27-28,30-31,33-34,53H,4-6,8-9,11-15,17-18,20,23,26,29,32,35-52H2,1-3H3/b10-7-,19-16-,22-21-,25-24-,28-27-,31-30-,34-33-. The van der Waals surface area contributed by atoms with Gasteiger partial charge in [-0.15, -0.1) is 0 Å². The first-order chi connectivity index (χ1) is 30.5. The molecule has 0 aliphatic heterocycles. The van der Waals surface area contributed by atoms with Crippen LogP contribution in [0.1, 0.15) is 233 Å². The molecule has 0 heterocycles. The van der Waals surface area contributed by atoms with Crippen LogP contribution in [-0.4, -0.2) is 37.2 Å². The molecule has 0 amide bonds. The molecule has 1 atom stereocenters. The van der Waals surface area contributed by atoms with Gasteiger partial charge in [-0.2, -0.15) is 0 Å². The summed E-state index contributed by atoms with van der Waals surface area (Å²) in [5, 5.41) is 0. The lowest BCUT2D eigenvalue weighted by molar-refractivity contribution is -0.167. The molecular formula is C56H94O6. The van der Waals surface area contributed by atoms with Gasteiger partial charge in [-0.25, -0.2) is 0 Å². The second-order valence-corrected chi connectivity index (χ2v) is 16.7. The van der Waals surface area contributed by atoms with Gasteiger partial charge in [-0.3, -0.25) is 14.4 Å². The highest BCUT2D eigenvalue weighted by Crippen LogP contribution is 2.14. The monoisotopic (exact) mass is 863 g/mol. The number of hydrogen-bond donors (Lipinski definition) is 0. The third-order valence-electron chi connectivity index (χ3n) is 10.7. The van der Waals surface area contributed by atoms with E-state index < -0.39 is 6.10 Å². The molecule has 0 rings (SSSR count). The molecule has 0 spiro atoms. The molecule has 0 bridgehead atoms. The molecule has 0 aromatic carbocycles. The Morgan fingerprint density at radius 3 is 0.984 bits per heavy atom. The average Bonchev–Trinajstić information content (AvgIpc) is 3.27. The Hall–Kier alpha value is -3.41. The number of carbonyl (C=O) groups excluding carboxylic acids is 3. The summed E-state index contributed by atoms with van der Waals surface area (Å²) in [7, 11) is 0. The van der Waals surface area contributed by atoms with Gasteiger partial charge >= 0.3 is 17.9 Å². The first-order valence-corrected chi connectivity index (χ1v) is 25.6. The van der Waals surface area contributed by atoms with Crippen LogP contribution < -0.4 is 0 Å². The van der Waals surface area contributed by atoms with Crippen LogP contribution in [0, 0.1) is 0 Å². The number of hydrogen-bond acceptors (Lipinski definition) is 6. The van der Waals surface area contributed by atoms with E-state index in [1.807, 2.05) is 0 Å². The van der Waals surface area contributed by atoms with Crippen LogP contribution in [0.4, 0.5) is 0 Å². The summed E-state index contributed by atoms with van der Waals surface area (Å²) >= 11 is 0. The summed E-state index contributed by atoms with van der Waals surface area (Å²) in [6, 6.07) is 0. The van der Waals surface area contributed by atoms with Gasteiger partial charge in [0.05, 0.1) is 0 Å². The second-order valence-electron chi connectivity index (χ2n) is 16.7. The van der Waals surface area contributed by atoms with E-state index in [9.17, 15) is 14.4 Å². The van der Waals surface area contributed by atoms with Crippen molar-refractivity contribution in [1.29, 1.82) is 0 Å². The molecule has 354 valence electrons. The van der Waals surface area contributed by atoms with Crippen molar-refractivity contribution < 1.29 is 28.6 Å². The number of esters is 3. The normalized spacial score (nSPS) is 12.8. The second kappa shape index (κ2) is 50.2. The van der Waals surface area contributed by atoms with Gasteiger partial charge in [-0.1, -0.05) is 221 Å². The molecule has 0 N–H and O–H groups in total. The zero-order chi connectivity index (χ0) is 45.1. The van der Waals surface area contributed by atoms with E-state index in [1.54, 1.807) is 0 Å². The van der Waals surface area contributed by atoms with E-state index in [4.69, 9.17) is 14.2 Å². The van der Waals surface area contributed by atoms with E-state index in [1.165, 1.54) is 70.6 Å². The van der Waals surface area contributed by atoms with Crippen molar-refractivity contribution in [3.05, 3.63) is 85.1 Å². The Kier molecular flexibility index (Phi) is 47.5. The number of ether oxygens (including phenoxy) is 3. The van der Waals surface area contributed by atoms with Crippen LogP contribution in [0.25, 0.3) is 0 Å². The van der Waals surface area contributed by atoms with Gasteiger partial charge < -0.3 is 14.2 Å². The maximum absolute atomic E-state index is 12.7. The number of allylic oxidation sites excluding steroid dienone is 14. The Balaban J connectivity index is 4.20. The van der Waals surface area contributed by atoms with Crippen molar-refractivity contribution in [2.75, 3.05) is 13.2 Å². The maximum Gasteiger partial charge on any atom is 0.306 e. The molecule has 0 aromatic heterocycles. The van der Waals surface area contributed by atoms with E-state index in [0.29, 0.717) is 19.3 Å². The number of unbranched alkanes of at least 4 members (excludes halogenated alkanes) is 20. The fourth-order valence-corrected chi connectivity index (χ4v) is 6.83. The highest BCUT2D eigenvalue weighted by atomic mass is 16.6. The fraction of sp³-hybridized carbons (Fsp3) is 0.696. The molecule has 6 nitrogen and oxygen atoms in total. The van der Waals surface area contributed by atoms with Crippen molar-refractivity contribution in [3.63, 3.8) is 0 Å². The zero-order valence-corrected chi connectivity index (χ0v) is 40.4. The van der Waals surface area contributed by atoms with Crippen molar-refractivity contribution in [3.8, 4) is 0 Å². The lowest BCUT2D eigenvalue weighted by atomic mass is 10.1. The molecule has 0 saturated heterocycles. The first kappa shape index (κ1) is 58.6. The van der Waals surface area contributed by atoms with Crippen LogP contribution in [0.15, 0.2) is 85.1 Å². The quantitative estimate of drug-likeness (QED) is 0.0263. The van der Waals surface area contributed by atoms with Gasteiger partial charge in [0.25, 0.3) is 0 Å². The van der Waals surface area contributed by atoms with Gasteiger partial charge in [0, 0.05) is 19.3 Å². The van der Waals surface area contributed by atoms with E-state index >= 15 is 0 Å². The highest BCUT2D eigenvalue weighted by molar-refractivity contribution is 5.71. The summed E-state index contributed by atoms with van der Waals surface area (Å²) in [4.78, 5) is 37.7. The predicted octanol–water partition coefficient (Wildman–Crippen LogP) is 16.8. The van der Waals surface area contributed by atoms with Gasteiger partial charge in [0.15, 0.2) is 6.10 Å². The van der Waals surface area contributed by atoms with Crippen LogP contribution in [0.2, 0.25) is 0 Å². The van der Waals surface area contributed by atoms with Crippen molar-refractivity contribution in [1.82, 2.24) is 0 Å². The average molecular weight is 863 g/mol. The lowest BCUT2D eigenvalue weighted by Gasteiger charge is -2.18.